The minimum Gasteiger partial charge on any atom is -0.490 e. The molecule has 11 heteroatoms. The Morgan fingerprint density at radius 1 is 0.857 bits per heavy atom. The molecule has 35 heavy (non-hydrogen) atoms. The molecule has 0 heterocycles. The average molecular weight is 555 g/mol. The van der Waals surface area contributed by atoms with Crippen LogP contribution >= 0.6 is 46.4 Å². The number of nitrogens with one attached hydrogen (secondary N) is 2. The maximum atomic E-state index is 12.0. The highest BCUT2D eigenvalue weighted by molar-refractivity contribution is 6.43. The van der Waals surface area contributed by atoms with Gasteiger partial charge in [-0.25, -0.2) is 5.43 Å². The van der Waals surface area contributed by atoms with Crippen molar-refractivity contribution in [2.75, 3.05) is 11.9 Å². The molecule has 0 aliphatic carbocycles. The van der Waals surface area contributed by atoms with Crippen molar-refractivity contribution in [3.05, 3.63) is 85.8 Å². The van der Waals surface area contributed by atoms with E-state index in [1.54, 1.807) is 36.4 Å². The smallest absolute Gasteiger partial charge is 0.329 e. The Hall–Kier alpha value is -2.97. The number of hydrogen-bond acceptors (Lipinski definition) is 5. The molecular formula is C24H19Cl4N3O4. The lowest BCUT2D eigenvalue weighted by atomic mass is 10.2. The Kier molecular flexibility index (Phi) is 9.63. The van der Waals surface area contributed by atoms with E-state index >= 15 is 0 Å². The van der Waals surface area contributed by atoms with Crippen molar-refractivity contribution < 1.29 is 19.1 Å². The summed E-state index contributed by atoms with van der Waals surface area (Å²) in [6.45, 7) is 2.38. The molecule has 0 radical (unpaired) electrons. The van der Waals surface area contributed by atoms with Crippen LogP contribution < -0.4 is 20.2 Å². The molecule has 0 saturated carbocycles. The molecule has 2 amide bonds. The van der Waals surface area contributed by atoms with E-state index in [9.17, 15) is 9.59 Å². The third kappa shape index (κ3) is 7.50. The number of nitrogens with zero attached hydrogens (tertiary/aromatic N) is 1. The number of benzene rings is 3. The van der Waals surface area contributed by atoms with Gasteiger partial charge in [0.25, 0.3) is 0 Å². The Morgan fingerprint density at radius 2 is 1.60 bits per heavy atom. The van der Waals surface area contributed by atoms with Gasteiger partial charge in [0.1, 0.15) is 6.61 Å². The van der Waals surface area contributed by atoms with Crippen LogP contribution in [0, 0.1) is 0 Å². The van der Waals surface area contributed by atoms with Gasteiger partial charge in [-0.2, -0.15) is 5.10 Å². The van der Waals surface area contributed by atoms with Crippen LogP contribution in [-0.4, -0.2) is 24.6 Å². The molecule has 3 rings (SSSR count). The first-order valence-corrected chi connectivity index (χ1v) is 11.7. The second-order valence-corrected chi connectivity index (χ2v) is 8.54. The van der Waals surface area contributed by atoms with Gasteiger partial charge >= 0.3 is 11.8 Å². The molecule has 0 spiro atoms. The number of carbonyl (C=O) groups excluding carboxylic acids is 2. The molecule has 0 aliphatic rings. The van der Waals surface area contributed by atoms with Crippen LogP contribution in [-0.2, 0) is 16.2 Å². The fourth-order valence-corrected chi connectivity index (χ4v) is 3.60. The Balaban J connectivity index is 1.62. The second kappa shape index (κ2) is 12.7. The predicted octanol–water partition coefficient (Wildman–Crippen LogP) is 6.37. The highest BCUT2D eigenvalue weighted by Gasteiger charge is 2.14. The minimum absolute atomic E-state index is 0.149. The van der Waals surface area contributed by atoms with E-state index in [2.05, 4.69) is 15.8 Å². The van der Waals surface area contributed by atoms with Crippen molar-refractivity contribution in [3.8, 4) is 11.5 Å². The lowest BCUT2D eigenvalue weighted by molar-refractivity contribution is -0.136. The third-order valence-electron chi connectivity index (χ3n) is 4.46. The number of hydrogen-bond donors (Lipinski definition) is 2. The van der Waals surface area contributed by atoms with Crippen LogP contribution in [0.5, 0.6) is 11.5 Å². The summed E-state index contributed by atoms with van der Waals surface area (Å²) in [5.41, 5.74) is 3.74. The predicted molar refractivity (Wildman–Crippen MR) is 139 cm³/mol. The van der Waals surface area contributed by atoms with E-state index in [4.69, 9.17) is 55.9 Å². The molecule has 3 aromatic carbocycles. The van der Waals surface area contributed by atoms with Crippen LogP contribution in [0.2, 0.25) is 20.1 Å². The highest BCUT2D eigenvalue weighted by Crippen LogP contribution is 2.31. The summed E-state index contributed by atoms with van der Waals surface area (Å²) in [5.74, 6) is -0.945. The molecule has 7 nitrogen and oxygen atoms in total. The maximum Gasteiger partial charge on any atom is 0.329 e. The summed E-state index contributed by atoms with van der Waals surface area (Å²) in [7, 11) is 0. The number of halogens is 4. The van der Waals surface area contributed by atoms with Gasteiger partial charge in [-0.1, -0.05) is 52.5 Å². The van der Waals surface area contributed by atoms with Gasteiger partial charge in [0.15, 0.2) is 11.5 Å². The van der Waals surface area contributed by atoms with Gasteiger partial charge < -0.3 is 14.8 Å². The fourth-order valence-electron chi connectivity index (χ4n) is 2.79. The number of rotatable bonds is 8. The number of anilines is 1. The quantitative estimate of drug-likeness (QED) is 0.192. The summed E-state index contributed by atoms with van der Waals surface area (Å²) in [5, 5.41) is 7.79. The summed E-state index contributed by atoms with van der Waals surface area (Å²) in [4.78, 5) is 24.1. The monoisotopic (exact) mass is 553 g/mol. The Bertz CT molecular complexity index is 1250. The first-order chi connectivity index (χ1) is 16.8. The summed E-state index contributed by atoms with van der Waals surface area (Å²) < 4.78 is 11.5. The summed E-state index contributed by atoms with van der Waals surface area (Å²) in [6, 6.07) is 14.7. The van der Waals surface area contributed by atoms with E-state index in [1.807, 2.05) is 6.92 Å². The standard InChI is InChI=1S/C24H19Cl4N3O4/c1-2-34-22-10-14(6-9-21(22)35-13-16-17(25)4-3-5-18(16)26)12-29-31-24(33)23(32)30-15-7-8-19(27)20(28)11-15/h3-12H,2,13H2,1H3,(H,30,32)(H,31,33). The van der Waals surface area contributed by atoms with Gasteiger partial charge in [0.05, 0.1) is 22.9 Å². The van der Waals surface area contributed by atoms with Crippen LogP contribution in [0.1, 0.15) is 18.1 Å². The third-order valence-corrected chi connectivity index (χ3v) is 5.91. The molecule has 0 aliphatic heterocycles. The number of amides is 2. The zero-order chi connectivity index (χ0) is 25.4. The highest BCUT2D eigenvalue weighted by atomic mass is 35.5. The lowest BCUT2D eigenvalue weighted by Gasteiger charge is -2.14. The van der Waals surface area contributed by atoms with Crippen LogP contribution in [0.25, 0.3) is 0 Å². The van der Waals surface area contributed by atoms with E-state index in [0.29, 0.717) is 50.0 Å². The molecule has 0 saturated heterocycles. The first kappa shape index (κ1) is 26.6. The topological polar surface area (TPSA) is 89.0 Å². The van der Waals surface area contributed by atoms with Crippen LogP contribution in [0.4, 0.5) is 5.69 Å². The van der Waals surface area contributed by atoms with E-state index in [1.165, 1.54) is 24.4 Å². The van der Waals surface area contributed by atoms with Crippen molar-refractivity contribution in [2.45, 2.75) is 13.5 Å². The van der Waals surface area contributed by atoms with Gasteiger partial charge in [-0.05, 0) is 61.0 Å². The summed E-state index contributed by atoms with van der Waals surface area (Å²) >= 11 is 24.1. The van der Waals surface area contributed by atoms with Gasteiger partial charge in [-0.15, -0.1) is 0 Å². The Morgan fingerprint density at radius 3 is 2.29 bits per heavy atom. The molecule has 3 aromatic rings. The molecule has 0 unspecified atom stereocenters. The van der Waals surface area contributed by atoms with Crippen molar-refractivity contribution in [1.82, 2.24) is 5.43 Å². The lowest BCUT2D eigenvalue weighted by Crippen LogP contribution is -2.32. The molecule has 0 aromatic heterocycles. The molecule has 0 fully saturated rings. The zero-order valence-corrected chi connectivity index (χ0v) is 21.3. The molecule has 0 bridgehead atoms. The second-order valence-electron chi connectivity index (χ2n) is 6.91. The fraction of sp³-hybridized carbons (Fsp3) is 0.125. The number of hydrazone groups is 1. The van der Waals surface area contributed by atoms with Crippen molar-refractivity contribution in [2.24, 2.45) is 5.10 Å². The van der Waals surface area contributed by atoms with E-state index < -0.39 is 11.8 Å². The van der Waals surface area contributed by atoms with Gasteiger partial charge in [-0.3, -0.25) is 9.59 Å². The zero-order valence-electron chi connectivity index (χ0n) is 18.3. The number of ether oxygens (including phenoxy) is 2. The molecular weight excluding hydrogens is 536 g/mol. The largest absolute Gasteiger partial charge is 0.490 e. The Labute approximate surface area is 221 Å². The summed E-state index contributed by atoms with van der Waals surface area (Å²) in [6.07, 6.45) is 1.36. The first-order valence-electron chi connectivity index (χ1n) is 10.2. The molecule has 2 N–H and O–H groups in total. The van der Waals surface area contributed by atoms with E-state index in [-0.39, 0.29) is 11.6 Å². The minimum atomic E-state index is -0.964. The van der Waals surface area contributed by atoms with Crippen LogP contribution in [0.3, 0.4) is 0 Å². The van der Waals surface area contributed by atoms with Crippen molar-refractivity contribution in [1.29, 1.82) is 0 Å². The van der Waals surface area contributed by atoms with Crippen molar-refractivity contribution in [3.63, 3.8) is 0 Å². The number of carbonyl (C=O) groups is 2. The molecule has 182 valence electrons. The maximum absolute atomic E-state index is 12.0. The van der Waals surface area contributed by atoms with Crippen molar-refractivity contribution >= 4 is 70.1 Å². The molecule has 0 atom stereocenters. The van der Waals surface area contributed by atoms with Crippen LogP contribution in [0.15, 0.2) is 59.7 Å². The SMILES string of the molecule is CCOc1cc(C=NNC(=O)C(=O)Nc2ccc(Cl)c(Cl)c2)ccc1OCc1c(Cl)cccc1Cl. The average Bonchev–Trinajstić information content (AvgIpc) is 2.82. The van der Waals surface area contributed by atoms with E-state index in [0.717, 1.165) is 0 Å². The van der Waals surface area contributed by atoms with Gasteiger partial charge in [0, 0.05) is 21.3 Å². The normalized spacial score (nSPS) is 10.8. The van der Waals surface area contributed by atoms with Gasteiger partial charge in [0.2, 0.25) is 0 Å².